The van der Waals surface area contributed by atoms with Crippen molar-refractivity contribution in [3.8, 4) is 0 Å². The minimum Gasteiger partial charge on any atom is -0.456 e. The fourth-order valence-electron chi connectivity index (χ4n) is 3.36. The van der Waals surface area contributed by atoms with Crippen molar-refractivity contribution in [2.24, 2.45) is 5.92 Å². The van der Waals surface area contributed by atoms with E-state index in [0.717, 1.165) is 29.8 Å². The topological polar surface area (TPSA) is 84.5 Å². The number of carbonyl (C=O) groups excluding carboxylic acids is 3. The molecule has 3 atom stereocenters. The van der Waals surface area contributed by atoms with Crippen LogP contribution in [-0.2, 0) is 19.1 Å². The standard InChI is InChI=1S/C19H24N2O4S/c1-12-6-2-3-7-13(12)20-17(22)11-25-18(23)10-16-19(24)21-14-8-4-5-9-15(14)26-16/h4-5,8-9,12-13,16H,2-3,6-7,10-11H2,1H3,(H,20,22)(H,21,24)/t12-,13-,16+/m1/s1. The number of esters is 1. The van der Waals surface area contributed by atoms with Crippen LogP contribution in [0.5, 0.6) is 0 Å². The van der Waals surface area contributed by atoms with Gasteiger partial charge in [-0.15, -0.1) is 11.8 Å². The zero-order valence-corrected chi connectivity index (χ0v) is 15.6. The van der Waals surface area contributed by atoms with E-state index >= 15 is 0 Å². The third-order valence-electron chi connectivity index (χ3n) is 4.88. The van der Waals surface area contributed by atoms with E-state index in [9.17, 15) is 14.4 Å². The Morgan fingerprint density at radius 2 is 2.04 bits per heavy atom. The molecule has 3 rings (SSSR count). The van der Waals surface area contributed by atoms with Gasteiger partial charge in [0.2, 0.25) is 5.91 Å². The van der Waals surface area contributed by atoms with Crippen molar-refractivity contribution in [3.05, 3.63) is 24.3 Å². The molecule has 1 heterocycles. The molecule has 1 aliphatic heterocycles. The molecule has 0 saturated heterocycles. The highest BCUT2D eigenvalue weighted by atomic mass is 32.2. The summed E-state index contributed by atoms with van der Waals surface area (Å²) in [5.41, 5.74) is 0.757. The van der Waals surface area contributed by atoms with Gasteiger partial charge in [-0.3, -0.25) is 14.4 Å². The Bertz CT molecular complexity index is 694. The summed E-state index contributed by atoms with van der Waals surface area (Å²) in [5.74, 6) is -0.580. The zero-order valence-electron chi connectivity index (χ0n) is 14.8. The lowest BCUT2D eigenvalue weighted by Crippen LogP contribution is -2.43. The SMILES string of the molecule is C[C@@H]1CCCC[C@H]1NC(=O)COC(=O)C[C@@H]1Sc2ccccc2NC1=O. The Balaban J connectivity index is 1.44. The van der Waals surface area contributed by atoms with E-state index in [4.69, 9.17) is 4.74 Å². The summed E-state index contributed by atoms with van der Waals surface area (Å²) in [6.07, 6.45) is 4.34. The van der Waals surface area contributed by atoms with Crippen LogP contribution in [0.15, 0.2) is 29.2 Å². The van der Waals surface area contributed by atoms with E-state index < -0.39 is 11.2 Å². The van der Waals surface area contributed by atoms with Crippen LogP contribution in [-0.4, -0.2) is 35.7 Å². The predicted molar refractivity (Wildman–Crippen MR) is 99.9 cm³/mol. The van der Waals surface area contributed by atoms with Crippen LogP contribution < -0.4 is 10.6 Å². The molecule has 1 saturated carbocycles. The molecule has 1 fully saturated rings. The maximum atomic E-state index is 12.1. The summed E-state index contributed by atoms with van der Waals surface area (Å²) < 4.78 is 5.08. The van der Waals surface area contributed by atoms with Gasteiger partial charge in [0.05, 0.1) is 17.4 Å². The van der Waals surface area contributed by atoms with Crippen LogP contribution in [0.25, 0.3) is 0 Å². The van der Waals surface area contributed by atoms with Crippen molar-refractivity contribution in [1.29, 1.82) is 0 Å². The minimum atomic E-state index is -0.543. The number of hydrogen-bond acceptors (Lipinski definition) is 5. The molecule has 2 amide bonds. The van der Waals surface area contributed by atoms with Crippen LogP contribution >= 0.6 is 11.8 Å². The molecule has 2 aliphatic rings. The number of rotatable bonds is 5. The number of amides is 2. The highest BCUT2D eigenvalue weighted by Crippen LogP contribution is 2.36. The average molecular weight is 376 g/mol. The summed E-state index contributed by atoms with van der Waals surface area (Å²) in [6, 6.07) is 7.61. The molecule has 26 heavy (non-hydrogen) atoms. The summed E-state index contributed by atoms with van der Waals surface area (Å²) >= 11 is 1.34. The lowest BCUT2D eigenvalue weighted by atomic mass is 9.86. The lowest BCUT2D eigenvalue weighted by Gasteiger charge is -2.29. The van der Waals surface area contributed by atoms with Crippen molar-refractivity contribution >= 4 is 35.2 Å². The smallest absolute Gasteiger partial charge is 0.307 e. The Morgan fingerprint density at radius 3 is 2.85 bits per heavy atom. The first-order valence-corrected chi connectivity index (χ1v) is 9.92. The maximum absolute atomic E-state index is 12.1. The molecule has 0 bridgehead atoms. The molecule has 140 valence electrons. The van der Waals surface area contributed by atoms with Crippen LogP contribution in [0.4, 0.5) is 5.69 Å². The van der Waals surface area contributed by atoms with Gasteiger partial charge in [0.1, 0.15) is 0 Å². The monoisotopic (exact) mass is 376 g/mol. The van der Waals surface area contributed by atoms with Crippen molar-refractivity contribution < 1.29 is 19.1 Å². The van der Waals surface area contributed by atoms with E-state index in [0.29, 0.717) is 5.92 Å². The number of nitrogens with one attached hydrogen (secondary N) is 2. The Hall–Kier alpha value is -2.02. The lowest BCUT2D eigenvalue weighted by molar-refractivity contribution is -0.149. The van der Waals surface area contributed by atoms with Gasteiger partial charge in [-0.05, 0) is 30.9 Å². The molecule has 0 spiro atoms. The van der Waals surface area contributed by atoms with Gasteiger partial charge in [0.15, 0.2) is 6.61 Å². The predicted octanol–water partition coefficient (Wildman–Crippen LogP) is 2.73. The summed E-state index contributed by atoms with van der Waals surface area (Å²) in [4.78, 5) is 37.1. The summed E-state index contributed by atoms with van der Waals surface area (Å²) in [5, 5.41) is 5.20. The van der Waals surface area contributed by atoms with Gasteiger partial charge in [0, 0.05) is 10.9 Å². The largest absolute Gasteiger partial charge is 0.456 e. The van der Waals surface area contributed by atoms with Crippen molar-refractivity contribution in [2.75, 3.05) is 11.9 Å². The normalized spacial score (nSPS) is 25.0. The number of carbonyl (C=O) groups is 3. The summed E-state index contributed by atoms with van der Waals surface area (Å²) in [7, 11) is 0. The number of ether oxygens (including phenoxy) is 1. The van der Waals surface area contributed by atoms with Crippen LogP contribution in [0, 0.1) is 5.92 Å². The van der Waals surface area contributed by atoms with Gasteiger partial charge in [-0.25, -0.2) is 0 Å². The Kier molecular flexibility index (Phi) is 6.19. The first-order chi connectivity index (χ1) is 12.5. The molecule has 0 aromatic heterocycles. The van der Waals surface area contributed by atoms with E-state index in [1.807, 2.05) is 24.3 Å². The summed E-state index contributed by atoms with van der Waals surface area (Å²) in [6.45, 7) is 1.84. The third kappa shape index (κ3) is 4.78. The highest BCUT2D eigenvalue weighted by molar-refractivity contribution is 8.01. The van der Waals surface area contributed by atoms with Crippen molar-refractivity contribution in [1.82, 2.24) is 5.32 Å². The molecular weight excluding hydrogens is 352 g/mol. The van der Waals surface area contributed by atoms with Gasteiger partial charge >= 0.3 is 5.97 Å². The Labute approximate surface area is 157 Å². The van der Waals surface area contributed by atoms with Crippen molar-refractivity contribution in [3.63, 3.8) is 0 Å². The van der Waals surface area contributed by atoms with Gasteiger partial charge in [0.25, 0.3) is 5.91 Å². The van der Waals surface area contributed by atoms with Gasteiger partial charge in [-0.2, -0.15) is 0 Å². The number of fused-ring (bicyclic) bond motifs is 1. The minimum absolute atomic E-state index is 0.0576. The fraction of sp³-hybridized carbons (Fsp3) is 0.526. The first-order valence-electron chi connectivity index (χ1n) is 9.04. The number of benzene rings is 1. The second kappa shape index (κ2) is 8.58. The second-order valence-electron chi connectivity index (χ2n) is 6.89. The Morgan fingerprint density at radius 1 is 1.27 bits per heavy atom. The van der Waals surface area contributed by atoms with E-state index in [2.05, 4.69) is 17.6 Å². The number of anilines is 1. The molecule has 0 radical (unpaired) electrons. The van der Waals surface area contributed by atoms with Crippen LogP contribution in [0.2, 0.25) is 0 Å². The molecule has 7 heteroatoms. The van der Waals surface area contributed by atoms with E-state index in [-0.39, 0.29) is 30.9 Å². The molecule has 1 aliphatic carbocycles. The molecule has 1 aromatic carbocycles. The molecule has 2 N–H and O–H groups in total. The van der Waals surface area contributed by atoms with Crippen LogP contribution in [0.1, 0.15) is 39.0 Å². The van der Waals surface area contributed by atoms with E-state index in [1.54, 1.807) is 0 Å². The maximum Gasteiger partial charge on any atom is 0.307 e. The van der Waals surface area contributed by atoms with E-state index in [1.165, 1.54) is 18.2 Å². The number of para-hydroxylation sites is 1. The fourth-order valence-corrected chi connectivity index (χ4v) is 4.46. The quantitative estimate of drug-likeness (QED) is 0.772. The number of hydrogen-bond donors (Lipinski definition) is 2. The molecule has 0 unspecified atom stereocenters. The van der Waals surface area contributed by atoms with Crippen molar-refractivity contribution in [2.45, 2.75) is 55.2 Å². The van der Waals surface area contributed by atoms with Crippen LogP contribution in [0.3, 0.4) is 0 Å². The second-order valence-corrected chi connectivity index (χ2v) is 8.14. The number of thioether (sulfide) groups is 1. The van der Waals surface area contributed by atoms with Gasteiger partial charge < -0.3 is 15.4 Å². The zero-order chi connectivity index (χ0) is 18.5. The third-order valence-corrected chi connectivity index (χ3v) is 6.16. The van der Waals surface area contributed by atoms with Gasteiger partial charge in [-0.1, -0.05) is 31.9 Å². The first kappa shape index (κ1) is 18.8. The molecule has 6 nitrogen and oxygen atoms in total. The average Bonchev–Trinajstić information content (AvgIpc) is 2.62. The highest BCUT2D eigenvalue weighted by Gasteiger charge is 2.30. The molecule has 1 aromatic rings. The molecular formula is C19H24N2O4S.